The third-order valence-corrected chi connectivity index (χ3v) is 3.24. The lowest BCUT2D eigenvalue weighted by Gasteiger charge is -1.98. The lowest BCUT2D eigenvalue weighted by Crippen LogP contribution is -1.94. The van der Waals surface area contributed by atoms with Gasteiger partial charge in [0.1, 0.15) is 0 Å². The monoisotopic (exact) mass is 282 g/mol. The Morgan fingerprint density at radius 3 is 2.35 bits per heavy atom. The van der Waals surface area contributed by atoms with Crippen LogP contribution in [0.25, 0.3) is 12.2 Å². The molecule has 2 rings (SSSR count). The topological polar surface area (TPSA) is 17.1 Å². The van der Waals surface area contributed by atoms with Gasteiger partial charge < -0.3 is 0 Å². The third-order valence-electron chi connectivity index (χ3n) is 2.89. The van der Waals surface area contributed by atoms with Crippen molar-refractivity contribution in [1.82, 2.24) is 0 Å². The normalized spacial score (nSPS) is 11.8. The molecule has 2 heteroatoms. The Bertz CT molecular complexity index is 654. The highest BCUT2D eigenvalue weighted by molar-refractivity contribution is 6.32. The van der Waals surface area contributed by atoms with Crippen LogP contribution in [0.1, 0.15) is 18.1 Å². The highest BCUT2D eigenvalue weighted by atomic mass is 35.5. The van der Waals surface area contributed by atoms with Crippen molar-refractivity contribution in [1.29, 1.82) is 0 Å². The molecule has 0 unspecified atom stereocenters. The van der Waals surface area contributed by atoms with Gasteiger partial charge in [0.05, 0.1) is 0 Å². The molecule has 0 N–H and O–H groups in total. The Labute approximate surface area is 124 Å². The Balaban J connectivity index is 2.12. The summed E-state index contributed by atoms with van der Waals surface area (Å²) in [7, 11) is 0. The third kappa shape index (κ3) is 3.94. The summed E-state index contributed by atoms with van der Waals surface area (Å²) in [6.45, 7) is 1.81. The average Bonchev–Trinajstić information content (AvgIpc) is 2.47. The number of hydrogen-bond donors (Lipinski definition) is 0. The van der Waals surface area contributed by atoms with Crippen molar-refractivity contribution in [3.8, 4) is 0 Å². The summed E-state index contributed by atoms with van der Waals surface area (Å²) in [5, 5.41) is 0.640. The molecule has 0 aliphatic heterocycles. The fourth-order valence-corrected chi connectivity index (χ4v) is 1.98. The molecule has 0 aliphatic rings. The van der Waals surface area contributed by atoms with E-state index in [1.807, 2.05) is 61.5 Å². The number of rotatable bonds is 4. The van der Waals surface area contributed by atoms with E-state index in [0.717, 1.165) is 11.1 Å². The van der Waals surface area contributed by atoms with Gasteiger partial charge in [0.25, 0.3) is 0 Å². The zero-order valence-corrected chi connectivity index (χ0v) is 12.0. The van der Waals surface area contributed by atoms with E-state index in [-0.39, 0.29) is 5.78 Å². The van der Waals surface area contributed by atoms with E-state index in [1.54, 1.807) is 18.2 Å². The molecule has 0 radical (unpaired) electrons. The summed E-state index contributed by atoms with van der Waals surface area (Å²) in [6.07, 6.45) is 5.17. The SMILES string of the molecule is CC(=Cc1ccccc1)C(=O)C=Cc1ccccc1Cl. The van der Waals surface area contributed by atoms with E-state index in [9.17, 15) is 4.79 Å². The fraction of sp³-hybridized carbons (Fsp3) is 0.0556. The molecule has 20 heavy (non-hydrogen) atoms. The number of ketones is 1. The largest absolute Gasteiger partial charge is 0.290 e. The number of benzene rings is 2. The molecule has 100 valence electrons. The maximum absolute atomic E-state index is 12.0. The summed E-state index contributed by atoms with van der Waals surface area (Å²) in [6, 6.07) is 17.2. The molecule has 0 amide bonds. The van der Waals surface area contributed by atoms with Crippen LogP contribution in [0.2, 0.25) is 5.02 Å². The highest BCUT2D eigenvalue weighted by Crippen LogP contribution is 2.17. The second kappa shape index (κ2) is 6.88. The quantitative estimate of drug-likeness (QED) is 0.719. The number of halogens is 1. The molecule has 0 bridgehead atoms. The molecule has 0 atom stereocenters. The van der Waals surface area contributed by atoms with Crippen molar-refractivity contribution in [2.75, 3.05) is 0 Å². The van der Waals surface area contributed by atoms with E-state index < -0.39 is 0 Å². The van der Waals surface area contributed by atoms with E-state index in [0.29, 0.717) is 10.6 Å². The van der Waals surface area contributed by atoms with Crippen LogP contribution in [0.3, 0.4) is 0 Å². The fourth-order valence-electron chi connectivity index (χ4n) is 1.78. The predicted molar refractivity (Wildman–Crippen MR) is 85.6 cm³/mol. The van der Waals surface area contributed by atoms with Crippen LogP contribution in [-0.2, 0) is 4.79 Å². The minimum atomic E-state index is -0.0197. The number of carbonyl (C=O) groups excluding carboxylic acids is 1. The first-order valence-electron chi connectivity index (χ1n) is 6.37. The van der Waals surface area contributed by atoms with Crippen LogP contribution in [0, 0.1) is 0 Å². The zero-order chi connectivity index (χ0) is 14.4. The van der Waals surface area contributed by atoms with Crippen LogP contribution < -0.4 is 0 Å². The molecule has 0 spiro atoms. The number of carbonyl (C=O) groups is 1. The maximum atomic E-state index is 12.0. The van der Waals surface area contributed by atoms with Gasteiger partial charge in [-0.2, -0.15) is 0 Å². The number of allylic oxidation sites excluding steroid dienone is 2. The van der Waals surface area contributed by atoms with Crippen molar-refractivity contribution < 1.29 is 4.79 Å². The van der Waals surface area contributed by atoms with Gasteiger partial charge in [-0.25, -0.2) is 0 Å². The van der Waals surface area contributed by atoms with Gasteiger partial charge >= 0.3 is 0 Å². The minimum Gasteiger partial charge on any atom is -0.290 e. The van der Waals surface area contributed by atoms with Crippen LogP contribution in [-0.4, -0.2) is 5.78 Å². The molecule has 2 aromatic rings. The van der Waals surface area contributed by atoms with Gasteiger partial charge in [0.15, 0.2) is 5.78 Å². The van der Waals surface area contributed by atoms with Gasteiger partial charge in [0.2, 0.25) is 0 Å². The second-order valence-corrected chi connectivity index (χ2v) is 4.86. The lowest BCUT2D eigenvalue weighted by atomic mass is 10.1. The Kier molecular flexibility index (Phi) is 4.91. The highest BCUT2D eigenvalue weighted by Gasteiger charge is 2.01. The molecule has 0 aromatic heterocycles. The molecular weight excluding hydrogens is 268 g/mol. The summed E-state index contributed by atoms with van der Waals surface area (Å²) >= 11 is 6.04. The van der Waals surface area contributed by atoms with Crippen molar-refractivity contribution >= 4 is 29.5 Å². The Hall–Kier alpha value is -2.12. The standard InChI is InChI=1S/C18H15ClO/c1-14(13-15-7-3-2-4-8-15)18(20)12-11-16-9-5-6-10-17(16)19/h2-13H,1H3. The van der Waals surface area contributed by atoms with E-state index in [1.165, 1.54) is 0 Å². The first-order chi connectivity index (χ1) is 9.66. The number of hydrogen-bond acceptors (Lipinski definition) is 1. The Morgan fingerprint density at radius 2 is 1.65 bits per heavy atom. The van der Waals surface area contributed by atoms with E-state index in [2.05, 4.69) is 0 Å². The van der Waals surface area contributed by atoms with Crippen LogP contribution >= 0.6 is 11.6 Å². The molecule has 0 saturated carbocycles. The van der Waals surface area contributed by atoms with Gasteiger partial charge in [-0.05, 0) is 47.9 Å². The average molecular weight is 283 g/mol. The van der Waals surface area contributed by atoms with Gasteiger partial charge in [-0.15, -0.1) is 0 Å². The molecule has 1 nitrogen and oxygen atoms in total. The van der Waals surface area contributed by atoms with Gasteiger partial charge in [-0.1, -0.05) is 60.1 Å². The first-order valence-corrected chi connectivity index (χ1v) is 6.75. The summed E-state index contributed by atoms with van der Waals surface area (Å²) in [5.41, 5.74) is 2.55. The van der Waals surface area contributed by atoms with Crippen molar-refractivity contribution in [2.45, 2.75) is 6.92 Å². The van der Waals surface area contributed by atoms with Gasteiger partial charge in [0, 0.05) is 5.02 Å². The molecule has 0 heterocycles. The minimum absolute atomic E-state index is 0.0197. The summed E-state index contributed by atoms with van der Waals surface area (Å²) in [4.78, 5) is 12.0. The molecule has 0 aliphatic carbocycles. The second-order valence-electron chi connectivity index (χ2n) is 4.46. The summed E-state index contributed by atoms with van der Waals surface area (Å²) < 4.78 is 0. The van der Waals surface area contributed by atoms with Crippen molar-refractivity contribution in [3.63, 3.8) is 0 Å². The Morgan fingerprint density at radius 1 is 1.00 bits per heavy atom. The molecule has 0 fully saturated rings. The zero-order valence-electron chi connectivity index (χ0n) is 11.2. The first kappa shape index (κ1) is 14.3. The van der Waals surface area contributed by atoms with E-state index >= 15 is 0 Å². The molecular formula is C18H15ClO. The van der Waals surface area contributed by atoms with Crippen LogP contribution in [0.5, 0.6) is 0 Å². The maximum Gasteiger partial charge on any atom is 0.181 e. The van der Waals surface area contributed by atoms with Gasteiger partial charge in [-0.3, -0.25) is 4.79 Å². The lowest BCUT2D eigenvalue weighted by molar-refractivity contribution is -0.111. The molecule has 0 saturated heterocycles. The smallest absolute Gasteiger partial charge is 0.181 e. The molecule has 2 aromatic carbocycles. The summed E-state index contributed by atoms with van der Waals surface area (Å²) in [5.74, 6) is -0.0197. The predicted octanol–water partition coefficient (Wildman–Crippen LogP) is 5.03. The van der Waals surface area contributed by atoms with Crippen molar-refractivity contribution in [3.05, 3.63) is 82.4 Å². The van der Waals surface area contributed by atoms with E-state index in [4.69, 9.17) is 11.6 Å². The van der Waals surface area contributed by atoms with Crippen LogP contribution in [0.15, 0.2) is 66.2 Å². The van der Waals surface area contributed by atoms with Crippen LogP contribution in [0.4, 0.5) is 0 Å². The van der Waals surface area contributed by atoms with Crippen molar-refractivity contribution in [2.24, 2.45) is 0 Å².